The fourth-order valence-corrected chi connectivity index (χ4v) is 3.83. The summed E-state index contributed by atoms with van der Waals surface area (Å²) in [5.41, 5.74) is 0. The Labute approximate surface area is 169 Å². The summed E-state index contributed by atoms with van der Waals surface area (Å²) < 4.78 is 11.6. The topological polar surface area (TPSA) is 49.3 Å². The molecule has 2 saturated heterocycles. The average molecular weight is 389 g/mol. The van der Waals surface area contributed by atoms with Crippen molar-refractivity contribution in [3.8, 4) is 5.75 Å². The quantitative estimate of drug-likeness (QED) is 0.574. The van der Waals surface area contributed by atoms with Crippen LogP contribution in [0.3, 0.4) is 0 Å². The number of benzene rings is 1. The van der Waals surface area contributed by atoms with Crippen molar-refractivity contribution in [1.82, 2.24) is 15.1 Å². The fraction of sp³-hybridized carbons (Fsp3) is 0.682. The summed E-state index contributed by atoms with van der Waals surface area (Å²) in [6.45, 7) is 13.1. The van der Waals surface area contributed by atoms with Gasteiger partial charge in [0.25, 0.3) is 0 Å². The molecule has 156 valence electrons. The lowest BCUT2D eigenvalue weighted by molar-refractivity contribution is 0.0323. The SMILES string of the molecule is CCNC(=NCC(C)CN1CCOCC1)N1CCC(Oc2ccccc2)CC1. The molecule has 1 unspecified atom stereocenters. The zero-order valence-electron chi connectivity index (χ0n) is 17.5. The van der Waals surface area contributed by atoms with Crippen molar-refractivity contribution in [3.63, 3.8) is 0 Å². The first-order chi connectivity index (χ1) is 13.7. The highest BCUT2D eigenvalue weighted by molar-refractivity contribution is 5.80. The Morgan fingerprint density at radius 2 is 1.89 bits per heavy atom. The second kappa shape index (κ2) is 11.3. The molecule has 2 aliphatic rings. The average Bonchev–Trinajstić information content (AvgIpc) is 2.73. The number of guanidine groups is 1. The van der Waals surface area contributed by atoms with Gasteiger partial charge in [-0.05, 0) is 25.0 Å². The van der Waals surface area contributed by atoms with Gasteiger partial charge in [-0.25, -0.2) is 0 Å². The molecule has 1 aromatic rings. The molecule has 0 amide bonds. The van der Waals surface area contributed by atoms with Crippen LogP contribution in [-0.2, 0) is 4.74 Å². The molecule has 6 nitrogen and oxygen atoms in total. The van der Waals surface area contributed by atoms with Crippen molar-refractivity contribution in [1.29, 1.82) is 0 Å². The molecule has 3 rings (SSSR count). The Bertz CT molecular complexity index is 581. The molecule has 2 fully saturated rings. The lowest BCUT2D eigenvalue weighted by Gasteiger charge is -2.34. The summed E-state index contributed by atoms with van der Waals surface area (Å²) in [5.74, 6) is 2.57. The molecular formula is C22H36N4O2. The van der Waals surface area contributed by atoms with Gasteiger partial charge >= 0.3 is 0 Å². The van der Waals surface area contributed by atoms with E-state index in [1.54, 1.807) is 0 Å². The van der Waals surface area contributed by atoms with Crippen molar-refractivity contribution < 1.29 is 9.47 Å². The largest absolute Gasteiger partial charge is 0.490 e. The van der Waals surface area contributed by atoms with Gasteiger partial charge in [-0.1, -0.05) is 25.1 Å². The van der Waals surface area contributed by atoms with Crippen LogP contribution in [0.4, 0.5) is 0 Å². The molecule has 1 aromatic carbocycles. The standard InChI is InChI=1S/C22H36N4O2/c1-3-23-22(24-17-19(2)18-25-13-15-27-16-14-25)26-11-9-21(10-12-26)28-20-7-5-4-6-8-20/h4-8,19,21H,3,9-18H2,1-2H3,(H,23,24). The van der Waals surface area contributed by atoms with Crippen LogP contribution in [0, 0.1) is 5.92 Å². The van der Waals surface area contributed by atoms with Crippen molar-refractivity contribution in [2.24, 2.45) is 10.9 Å². The summed E-state index contributed by atoms with van der Waals surface area (Å²) in [5, 5.41) is 3.48. The van der Waals surface area contributed by atoms with Crippen molar-refractivity contribution in [2.75, 3.05) is 59.0 Å². The van der Waals surface area contributed by atoms with Gasteiger partial charge in [-0.3, -0.25) is 9.89 Å². The summed E-state index contributed by atoms with van der Waals surface area (Å²) in [4.78, 5) is 9.82. The predicted molar refractivity (Wildman–Crippen MR) is 114 cm³/mol. The number of nitrogens with one attached hydrogen (secondary N) is 1. The Kier molecular flexibility index (Phi) is 8.42. The van der Waals surface area contributed by atoms with Gasteiger partial charge in [0, 0.05) is 58.7 Å². The maximum absolute atomic E-state index is 6.12. The van der Waals surface area contributed by atoms with Gasteiger partial charge in [-0.2, -0.15) is 0 Å². The Morgan fingerprint density at radius 3 is 2.57 bits per heavy atom. The Morgan fingerprint density at radius 1 is 1.18 bits per heavy atom. The van der Waals surface area contributed by atoms with Crippen LogP contribution in [-0.4, -0.2) is 80.9 Å². The third kappa shape index (κ3) is 6.67. The highest BCUT2D eigenvalue weighted by Gasteiger charge is 2.23. The van der Waals surface area contributed by atoms with Gasteiger partial charge in [0.05, 0.1) is 13.2 Å². The molecule has 1 atom stereocenters. The zero-order valence-corrected chi connectivity index (χ0v) is 17.5. The number of aliphatic imine (C=N–C) groups is 1. The molecule has 0 saturated carbocycles. The molecule has 2 aliphatic heterocycles. The van der Waals surface area contributed by atoms with E-state index in [1.165, 1.54) is 0 Å². The predicted octanol–water partition coefficient (Wildman–Crippen LogP) is 2.46. The van der Waals surface area contributed by atoms with Gasteiger partial charge in [0.2, 0.25) is 0 Å². The van der Waals surface area contributed by atoms with Crippen molar-refractivity contribution in [3.05, 3.63) is 30.3 Å². The number of likely N-dealkylation sites (tertiary alicyclic amines) is 1. The maximum Gasteiger partial charge on any atom is 0.193 e. The lowest BCUT2D eigenvalue weighted by atomic mass is 10.1. The highest BCUT2D eigenvalue weighted by Crippen LogP contribution is 2.18. The molecular weight excluding hydrogens is 352 g/mol. The Balaban J connectivity index is 1.46. The summed E-state index contributed by atoms with van der Waals surface area (Å²) in [6.07, 6.45) is 2.35. The molecule has 0 aromatic heterocycles. The van der Waals surface area contributed by atoms with Gasteiger partial charge in [0.1, 0.15) is 11.9 Å². The van der Waals surface area contributed by atoms with Gasteiger partial charge in [-0.15, -0.1) is 0 Å². The molecule has 0 radical (unpaired) electrons. The lowest BCUT2D eigenvalue weighted by Crippen LogP contribution is -2.47. The van der Waals surface area contributed by atoms with E-state index in [9.17, 15) is 0 Å². The van der Waals surface area contributed by atoms with Crippen LogP contribution >= 0.6 is 0 Å². The van der Waals surface area contributed by atoms with E-state index in [0.717, 1.165) is 83.6 Å². The third-order valence-corrected chi connectivity index (χ3v) is 5.35. The Hall–Kier alpha value is -1.79. The number of para-hydroxylation sites is 1. The first kappa shape index (κ1) is 20.9. The summed E-state index contributed by atoms with van der Waals surface area (Å²) in [6, 6.07) is 10.1. The number of nitrogens with zero attached hydrogens (tertiary/aromatic N) is 3. The number of hydrogen-bond donors (Lipinski definition) is 1. The van der Waals surface area contributed by atoms with Gasteiger partial charge < -0.3 is 19.7 Å². The molecule has 0 bridgehead atoms. The highest BCUT2D eigenvalue weighted by atomic mass is 16.5. The second-order valence-electron chi connectivity index (χ2n) is 7.83. The first-order valence-corrected chi connectivity index (χ1v) is 10.8. The molecule has 6 heteroatoms. The van der Waals surface area contributed by atoms with E-state index >= 15 is 0 Å². The number of morpholine rings is 1. The second-order valence-corrected chi connectivity index (χ2v) is 7.83. The number of hydrogen-bond acceptors (Lipinski definition) is 4. The van der Waals surface area contributed by atoms with Crippen molar-refractivity contribution in [2.45, 2.75) is 32.8 Å². The minimum absolute atomic E-state index is 0.293. The maximum atomic E-state index is 6.12. The van der Waals surface area contributed by atoms with Crippen LogP contribution in [0.25, 0.3) is 0 Å². The smallest absolute Gasteiger partial charge is 0.193 e. The minimum atomic E-state index is 0.293. The summed E-state index contributed by atoms with van der Waals surface area (Å²) in [7, 11) is 0. The summed E-state index contributed by atoms with van der Waals surface area (Å²) >= 11 is 0. The van der Waals surface area contributed by atoms with Crippen LogP contribution in [0.1, 0.15) is 26.7 Å². The normalized spacial score (nSPS) is 20.8. The number of ether oxygens (including phenoxy) is 2. The number of piperidine rings is 1. The number of rotatable bonds is 7. The molecule has 0 aliphatic carbocycles. The van der Waals surface area contributed by atoms with E-state index in [-0.39, 0.29) is 0 Å². The van der Waals surface area contributed by atoms with E-state index in [2.05, 4.69) is 29.0 Å². The van der Waals surface area contributed by atoms with Gasteiger partial charge in [0.15, 0.2) is 5.96 Å². The monoisotopic (exact) mass is 388 g/mol. The van der Waals surface area contributed by atoms with E-state index < -0.39 is 0 Å². The van der Waals surface area contributed by atoms with E-state index in [4.69, 9.17) is 14.5 Å². The molecule has 28 heavy (non-hydrogen) atoms. The van der Waals surface area contributed by atoms with Crippen LogP contribution < -0.4 is 10.1 Å². The van der Waals surface area contributed by atoms with E-state index in [0.29, 0.717) is 12.0 Å². The van der Waals surface area contributed by atoms with Crippen LogP contribution in [0.2, 0.25) is 0 Å². The van der Waals surface area contributed by atoms with Crippen molar-refractivity contribution >= 4 is 5.96 Å². The zero-order chi connectivity index (χ0) is 19.6. The molecule has 1 N–H and O–H groups in total. The third-order valence-electron chi connectivity index (χ3n) is 5.35. The van der Waals surface area contributed by atoms with E-state index in [1.807, 2.05) is 30.3 Å². The molecule has 0 spiro atoms. The van der Waals surface area contributed by atoms with Crippen LogP contribution in [0.15, 0.2) is 35.3 Å². The first-order valence-electron chi connectivity index (χ1n) is 10.8. The minimum Gasteiger partial charge on any atom is -0.490 e. The fourth-order valence-electron chi connectivity index (χ4n) is 3.83. The van der Waals surface area contributed by atoms with Crippen LogP contribution in [0.5, 0.6) is 5.75 Å². The molecule has 2 heterocycles.